The van der Waals surface area contributed by atoms with Crippen molar-refractivity contribution in [3.8, 4) is 0 Å². The van der Waals surface area contributed by atoms with Crippen molar-refractivity contribution in [3.05, 3.63) is 0 Å². The summed E-state index contributed by atoms with van der Waals surface area (Å²) in [6, 6.07) is 0.414. The van der Waals surface area contributed by atoms with Crippen molar-refractivity contribution in [2.24, 2.45) is 11.3 Å². The van der Waals surface area contributed by atoms with Crippen LogP contribution in [0.4, 0.5) is 4.79 Å². The average molecular weight is 266 g/mol. The van der Waals surface area contributed by atoms with E-state index in [1.807, 2.05) is 25.7 Å². The smallest absolute Gasteiger partial charge is 0.410 e. The second-order valence-electron chi connectivity index (χ2n) is 7.50. The summed E-state index contributed by atoms with van der Waals surface area (Å²) in [6.07, 6.45) is 4.82. The number of carbonyl (C=O) groups is 1. The summed E-state index contributed by atoms with van der Waals surface area (Å²) in [5.74, 6) is 0.718. The van der Waals surface area contributed by atoms with Crippen LogP contribution in [-0.2, 0) is 4.74 Å². The van der Waals surface area contributed by atoms with Gasteiger partial charge < -0.3 is 15.0 Å². The summed E-state index contributed by atoms with van der Waals surface area (Å²) in [6.45, 7) is 8.89. The van der Waals surface area contributed by atoms with Gasteiger partial charge in [0.25, 0.3) is 0 Å². The number of ether oxygens (including phenoxy) is 1. The lowest BCUT2D eigenvalue weighted by molar-refractivity contribution is 0.0143. The fourth-order valence-corrected chi connectivity index (χ4v) is 3.88. The topological polar surface area (TPSA) is 41.6 Å². The lowest BCUT2D eigenvalue weighted by Crippen LogP contribution is -2.47. The van der Waals surface area contributed by atoms with Gasteiger partial charge in [0.05, 0.1) is 0 Å². The Hall–Kier alpha value is -0.770. The fraction of sp³-hybridized carbons (Fsp3) is 0.933. The summed E-state index contributed by atoms with van der Waals surface area (Å²) < 4.78 is 5.60. The highest BCUT2D eigenvalue weighted by molar-refractivity contribution is 5.69. The van der Waals surface area contributed by atoms with Gasteiger partial charge in [-0.05, 0) is 58.9 Å². The summed E-state index contributed by atoms with van der Waals surface area (Å²) in [4.78, 5) is 14.5. The number of likely N-dealkylation sites (tertiary alicyclic amines) is 1. The molecular weight excluding hydrogens is 240 g/mol. The molecule has 0 radical (unpaired) electrons. The molecule has 0 bridgehead atoms. The van der Waals surface area contributed by atoms with Crippen molar-refractivity contribution in [3.63, 3.8) is 0 Å². The quantitative estimate of drug-likeness (QED) is 0.792. The number of carbonyl (C=O) groups excluding carboxylic acids is 1. The third-order valence-electron chi connectivity index (χ3n) is 4.79. The van der Waals surface area contributed by atoms with Gasteiger partial charge in [-0.15, -0.1) is 0 Å². The zero-order chi connectivity index (χ0) is 13.7. The number of hydrogen-bond donors (Lipinski definition) is 1. The lowest BCUT2D eigenvalue weighted by Gasteiger charge is -2.35. The van der Waals surface area contributed by atoms with Crippen molar-refractivity contribution in [2.75, 3.05) is 19.6 Å². The second-order valence-corrected chi connectivity index (χ2v) is 7.50. The van der Waals surface area contributed by atoms with Crippen LogP contribution in [0.15, 0.2) is 0 Å². The second kappa shape index (κ2) is 4.37. The van der Waals surface area contributed by atoms with Crippen molar-refractivity contribution in [2.45, 2.75) is 58.1 Å². The predicted molar refractivity (Wildman–Crippen MR) is 74.0 cm³/mol. The largest absolute Gasteiger partial charge is 0.444 e. The molecule has 3 fully saturated rings. The Kier molecular flexibility index (Phi) is 3.04. The van der Waals surface area contributed by atoms with Gasteiger partial charge in [0, 0.05) is 24.5 Å². The Labute approximate surface area is 115 Å². The minimum Gasteiger partial charge on any atom is -0.444 e. The van der Waals surface area contributed by atoms with Gasteiger partial charge >= 0.3 is 6.09 Å². The molecular formula is C15H26N2O2. The molecule has 2 aliphatic heterocycles. The van der Waals surface area contributed by atoms with Crippen molar-refractivity contribution in [1.82, 2.24) is 10.2 Å². The standard InChI is InChI=1S/C15H26N2O2/c1-14(2,3)19-13(18)17-9-7-15(6-8-16-10-15)12(17)11-4-5-11/h11-12,16H,4-10H2,1-3H3. The van der Waals surface area contributed by atoms with E-state index in [9.17, 15) is 4.79 Å². The lowest BCUT2D eigenvalue weighted by atomic mass is 9.77. The van der Waals surface area contributed by atoms with E-state index < -0.39 is 5.60 Å². The zero-order valence-corrected chi connectivity index (χ0v) is 12.4. The first-order valence-electron chi connectivity index (χ1n) is 7.62. The van der Waals surface area contributed by atoms with Gasteiger partial charge in [-0.2, -0.15) is 0 Å². The molecule has 0 aromatic heterocycles. The van der Waals surface area contributed by atoms with Crippen LogP contribution >= 0.6 is 0 Å². The maximum atomic E-state index is 12.4. The van der Waals surface area contributed by atoms with Crippen LogP contribution in [0.2, 0.25) is 0 Å². The van der Waals surface area contributed by atoms with E-state index in [0.717, 1.165) is 32.0 Å². The molecule has 19 heavy (non-hydrogen) atoms. The van der Waals surface area contributed by atoms with Crippen molar-refractivity contribution < 1.29 is 9.53 Å². The molecule has 1 amide bonds. The van der Waals surface area contributed by atoms with Crippen LogP contribution in [0, 0.1) is 11.3 Å². The van der Waals surface area contributed by atoms with Gasteiger partial charge in [-0.25, -0.2) is 4.79 Å². The molecule has 3 rings (SSSR count). The molecule has 1 spiro atoms. The SMILES string of the molecule is CC(C)(C)OC(=O)N1CCC2(CCNC2)C1C1CC1. The summed E-state index contributed by atoms with van der Waals surface area (Å²) >= 11 is 0. The summed E-state index contributed by atoms with van der Waals surface area (Å²) in [5, 5.41) is 3.50. The Morgan fingerprint density at radius 1 is 1.32 bits per heavy atom. The van der Waals surface area contributed by atoms with E-state index >= 15 is 0 Å². The first-order valence-corrected chi connectivity index (χ1v) is 7.62. The highest BCUT2D eigenvalue weighted by Crippen LogP contribution is 2.52. The van der Waals surface area contributed by atoms with E-state index in [0.29, 0.717) is 11.5 Å². The van der Waals surface area contributed by atoms with Crippen LogP contribution < -0.4 is 5.32 Å². The maximum absolute atomic E-state index is 12.4. The zero-order valence-electron chi connectivity index (χ0n) is 12.4. The molecule has 4 heteroatoms. The Bertz CT molecular complexity index is 365. The monoisotopic (exact) mass is 266 g/mol. The Morgan fingerprint density at radius 3 is 2.58 bits per heavy atom. The van der Waals surface area contributed by atoms with Gasteiger partial charge in [0.15, 0.2) is 0 Å². The van der Waals surface area contributed by atoms with E-state index in [-0.39, 0.29) is 6.09 Å². The van der Waals surface area contributed by atoms with Gasteiger partial charge in [-0.3, -0.25) is 0 Å². The predicted octanol–water partition coefficient (Wildman–Crippen LogP) is 2.39. The van der Waals surface area contributed by atoms with Crippen LogP contribution in [0.3, 0.4) is 0 Å². The minimum absolute atomic E-state index is 0.104. The third-order valence-corrected chi connectivity index (χ3v) is 4.79. The minimum atomic E-state index is -0.394. The highest BCUT2D eigenvalue weighted by atomic mass is 16.6. The molecule has 108 valence electrons. The summed E-state index contributed by atoms with van der Waals surface area (Å²) in [7, 11) is 0. The molecule has 4 nitrogen and oxygen atoms in total. The molecule has 2 atom stereocenters. The molecule has 0 aromatic carbocycles. The van der Waals surface area contributed by atoms with Gasteiger partial charge in [0.1, 0.15) is 5.60 Å². The first-order chi connectivity index (χ1) is 8.91. The van der Waals surface area contributed by atoms with Crippen LogP contribution in [0.1, 0.15) is 46.5 Å². The van der Waals surface area contributed by atoms with Crippen LogP contribution in [-0.4, -0.2) is 42.3 Å². The van der Waals surface area contributed by atoms with Crippen molar-refractivity contribution >= 4 is 6.09 Å². The molecule has 2 saturated heterocycles. The van der Waals surface area contributed by atoms with E-state index in [1.54, 1.807) is 0 Å². The number of rotatable bonds is 1. The molecule has 1 N–H and O–H groups in total. The third kappa shape index (κ3) is 2.47. The maximum Gasteiger partial charge on any atom is 0.410 e. The molecule has 2 unspecified atom stereocenters. The molecule has 0 aromatic rings. The van der Waals surface area contributed by atoms with Crippen molar-refractivity contribution in [1.29, 1.82) is 0 Å². The van der Waals surface area contributed by atoms with E-state index in [1.165, 1.54) is 19.3 Å². The average Bonchev–Trinajstić information content (AvgIpc) is 2.90. The van der Waals surface area contributed by atoms with Gasteiger partial charge in [-0.1, -0.05) is 0 Å². The highest BCUT2D eigenvalue weighted by Gasteiger charge is 2.56. The van der Waals surface area contributed by atoms with Gasteiger partial charge in [0.2, 0.25) is 0 Å². The molecule has 1 aliphatic carbocycles. The fourth-order valence-electron chi connectivity index (χ4n) is 3.88. The van der Waals surface area contributed by atoms with Crippen LogP contribution in [0.25, 0.3) is 0 Å². The normalized spacial score (nSPS) is 35.1. The number of amides is 1. The molecule has 2 heterocycles. The van der Waals surface area contributed by atoms with E-state index in [4.69, 9.17) is 4.74 Å². The number of nitrogens with zero attached hydrogens (tertiary/aromatic N) is 1. The van der Waals surface area contributed by atoms with E-state index in [2.05, 4.69) is 5.32 Å². The number of hydrogen-bond acceptors (Lipinski definition) is 3. The molecule has 3 aliphatic rings. The first kappa shape index (κ1) is 13.2. The Morgan fingerprint density at radius 2 is 2.05 bits per heavy atom. The molecule has 1 saturated carbocycles. The summed E-state index contributed by atoms with van der Waals surface area (Å²) in [5.41, 5.74) is -0.0626. The Balaban J connectivity index is 1.76. The van der Waals surface area contributed by atoms with Crippen LogP contribution in [0.5, 0.6) is 0 Å². The number of nitrogens with one attached hydrogen (secondary N) is 1.